The Morgan fingerprint density at radius 2 is 1.51 bits per heavy atom. The number of nitrogens with one attached hydrogen (secondary N) is 1. The molecule has 2 bridgehead atoms. The second-order valence-electron chi connectivity index (χ2n) is 32.0. The Morgan fingerprint density at radius 3 is 2.24 bits per heavy atom. The summed E-state index contributed by atoms with van der Waals surface area (Å²) in [4.78, 5) is 98.8. The number of hydrogen-bond donors (Lipinski definition) is 5. The molecule has 9 rings (SSSR count). The lowest BCUT2D eigenvalue weighted by Crippen LogP contribution is -2.61. The van der Waals surface area contributed by atoms with Gasteiger partial charge in [-0.15, -0.1) is 5.10 Å². The highest BCUT2D eigenvalue weighted by Crippen LogP contribution is 2.39. The quantitative estimate of drug-likeness (QED) is 0.0108. The smallest absolute Gasteiger partial charge is 0.329 e. The fourth-order valence-electron chi connectivity index (χ4n) is 16.0. The van der Waals surface area contributed by atoms with Crippen LogP contribution in [0.2, 0.25) is 0 Å². The molecule has 0 spiro atoms. The van der Waals surface area contributed by atoms with Gasteiger partial charge >= 0.3 is 5.97 Å². The third-order valence-electron chi connectivity index (χ3n) is 23.0. The molecule has 7 N–H and O–H groups in total. The van der Waals surface area contributed by atoms with E-state index in [2.05, 4.69) is 30.6 Å². The number of nitrogen functional groups attached to an aromatic ring is 2. The average molecular weight is 1650 g/mol. The van der Waals surface area contributed by atoms with E-state index >= 15 is 0 Å². The molecule has 32 heteroatoms. The summed E-state index contributed by atoms with van der Waals surface area (Å²) in [5.74, 6) is -7.95. The highest BCUT2D eigenvalue weighted by Gasteiger charge is 2.53. The number of carbonyl (C=O) groups is 6. The molecule has 1 aliphatic carbocycles. The molecule has 3 fully saturated rings. The molecule has 15 atom stereocenters. The number of anilines is 2. The number of amides is 2. The number of hydrogen-bond acceptors (Lipinski definition) is 28. The normalized spacial score (nSPS) is 27.6. The number of Topliss-reactive ketones (excluding diaryl/α,β-unsaturated/α-hetero) is 3. The molecule has 5 aromatic rings. The van der Waals surface area contributed by atoms with E-state index in [4.69, 9.17) is 73.1 Å². The summed E-state index contributed by atoms with van der Waals surface area (Å²) in [7, 11) is 4.64. The number of rotatable bonds is 36. The van der Waals surface area contributed by atoms with Gasteiger partial charge in [-0.3, -0.25) is 24.0 Å². The van der Waals surface area contributed by atoms with Crippen LogP contribution in [-0.2, 0) is 100 Å². The first kappa shape index (κ1) is 93.7. The van der Waals surface area contributed by atoms with Crippen molar-refractivity contribution in [2.75, 3.05) is 119 Å². The summed E-state index contributed by atoms with van der Waals surface area (Å²) in [6.45, 7) is 18.9. The van der Waals surface area contributed by atoms with Gasteiger partial charge in [0.2, 0.25) is 11.7 Å². The molecule has 2 amide bonds. The maximum atomic E-state index is 14.8. The fourth-order valence-corrected chi connectivity index (χ4v) is 16.0. The minimum absolute atomic E-state index is 0.00467. The van der Waals surface area contributed by atoms with Crippen LogP contribution in [0.1, 0.15) is 163 Å². The van der Waals surface area contributed by atoms with E-state index in [1.807, 2.05) is 76.4 Å². The number of aromatic nitrogens is 8. The van der Waals surface area contributed by atoms with E-state index in [-0.39, 0.29) is 85.9 Å². The predicted octanol–water partition coefficient (Wildman–Crippen LogP) is 9.00. The fraction of sp³-hybridized carbons (Fsp3) is 0.674. The van der Waals surface area contributed by atoms with Gasteiger partial charge in [0.1, 0.15) is 53.5 Å². The molecule has 1 saturated carbocycles. The van der Waals surface area contributed by atoms with E-state index < -0.39 is 77.8 Å². The maximum Gasteiger partial charge on any atom is 0.329 e. The van der Waals surface area contributed by atoms with E-state index in [1.165, 1.54) is 18.3 Å². The summed E-state index contributed by atoms with van der Waals surface area (Å²) in [6, 6.07) is 4.40. The summed E-state index contributed by atoms with van der Waals surface area (Å²) in [6.07, 6.45) is 19.2. The number of piperidine rings is 1. The number of allylic oxidation sites excluding steroid dienone is 6. The SMILES string of the molecule is CO[C@H]1C[C@@H]2CC[C@@H](C)[C@@](O)(O2)C(=O)C(=O)N2CCCC[C@H]2C(=O)OC([C@H](C)C[C@@H]2CC[C@@H](OCCCCc3cn(CCOCCOCCOCCOCCOCCC(=O)NCCCCn4nc(-c5ccc6oc(N)nc6c5)c5c(N)ncnc54)nn3)[C@H](OC)C2)CC(=O)[C@H](C)/C=C(\C)[C@@H](O)[C@@H](OC)C(=O)[C@H](C)C[C@H](C)/C=C/C=C/C=C/1C. The lowest BCUT2D eigenvalue weighted by molar-refractivity contribution is -0.265. The van der Waals surface area contributed by atoms with Gasteiger partial charge in [-0.25, -0.2) is 24.1 Å². The topological polar surface area (TPSA) is 412 Å². The van der Waals surface area contributed by atoms with Gasteiger partial charge < -0.3 is 88.4 Å². The van der Waals surface area contributed by atoms with Crippen molar-refractivity contribution < 1.29 is 95.5 Å². The number of aliphatic hydroxyl groups excluding tert-OH is 1. The zero-order valence-electron chi connectivity index (χ0n) is 70.7. The molecular formula is C86H128N12O20. The van der Waals surface area contributed by atoms with Gasteiger partial charge in [0, 0.05) is 96.3 Å². The van der Waals surface area contributed by atoms with Crippen molar-refractivity contribution in [3.63, 3.8) is 0 Å². The second-order valence-corrected chi connectivity index (χ2v) is 32.0. The molecule has 1 unspecified atom stereocenters. The Morgan fingerprint density at radius 1 is 0.771 bits per heavy atom. The number of aryl methyl sites for hydroxylation is 2. The van der Waals surface area contributed by atoms with Crippen LogP contribution in [0, 0.1) is 35.5 Å². The molecule has 0 radical (unpaired) electrons. The molecular weight excluding hydrogens is 1520 g/mol. The number of cyclic esters (lactones) is 1. The lowest BCUT2D eigenvalue weighted by Gasteiger charge is -2.42. The number of unbranched alkanes of at least 4 members (excludes halogenated alkanes) is 2. The second kappa shape index (κ2) is 47.8. The standard InChI is InChI=1S/C86H128N12O20/c1-55-20-12-11-13-21-56(2)71(107-8)51-65-27-24-61(7)86(106,118-65)80(103)83(104)97-32-17-14-23-67(97)84(105)116-72(52-68(99)57(3)47-60(6)78(102)79(109-10)77(101)59(5)46-55)58(4)48-62-25-28-70(73(49-62)108-9)115-35-19-15-22-64-53-96(95-93-64)34-37-111-39-41-113-43-45-114-44-42-112-40-38-110-36-30-74(100)89-31-16-18-33-98-82-75(81(87)90-54-91-82)76(94-98)63-26-29-69-66(50-63)92-85(88)117-69/h11-13,20-21,26,29,47,50,53-55,57-59,61-62,65,67,70-73,78-79,102,106H,14-19,22-25,27-28,30-46,48-49,51-52H2,1-10H3,(H2,88,92)(H,89,100)(H2,87,90,91)/b13-11+,20-12+,56-21+,60-47+/t55-,57-,58-,59-,61-,62+,65+,67+,70-,71+,72?,73-,78-,79+,86-/m1/s1. The molecule has 4 aromatic heterocycles. The van der Waals surface area contributed by atoms with E-state index in [0.717, 1.165) is 61.8 Å². The molecule has 2 saturated heterocycles. The van der Waals surface area contributed by atoms with Gasteiger partial charge in [-0.05, 0) is 157 Å². The Bertz CT molecular complexity index is 4140. The Labute approximate surface area is 692 Å². The molecule has 32 nitrogen and oxygen atoms in total. The van der Waals surface area contributed by atoms with Gasteiger partial charge in [-0.2, -0.15) is 10.1 Å². The van der Waals surface area contributed by atoms with Gasteiger partial charge in [0.15, 0.2) is 17.0 Å². The first-order valence-corrected chi connectivity index (χ1v) is 42.2. The van der Waals surface area contributed by atoms with Crippen molar-refractivity contribution in [1.29, 1.82) is 0 Å². The first-order valence-electron chi connectivity index (χ1n) is 42.2. The lowest BCUT2D eigenvalue weighted by atomic mass is 9.78. The zero-order valence-corrected chi connectivity index (χ0v) is 70.7. The van der Waals surface area contributed by atoms with Gasteiger partial charge in [0.25, 0.3) is 17.7 Å². The average Bonchev–Trinajstić information content (AvgIpc) is 1.26. The molecule has 7 heterocycles. The number of methoxy groups -OCH3 is 3. The maximum absolute atomic E-state index is 14.8. The molecule has 4 aliphatic rings. The largest absolute Gasteiger partial charge is 0.460 e. The van der Waals surface area contributed by atoms with Crippen LogP contribution in [0.4, 0.5) is 11.8 Å². The van der Waals surface area contributed by atoms with Gasteiger partial charge in [-0.1, -0.05) is 76.3 Å². The summed E-state index contributed by atoms with van der Waals surface area (Å²) >= 11 is 0. The number of aliphatic hydroxyl groups is 2. The number of carbonyl (C=O) groups excluding carboxylic acids is 6. The third-order valence-corrected chi connectivity index (χ3v) is 23.0. The van der Waals surface area contributed by atoms with Crippen molar-refractivity contribution in [3.8, 4) is 11.3 Å². The highest BCUT2D eigenvalue weighted by atomic mass is 16.6. The minimum atomic E-state index is -2.46. The minimum Gasteiger partial charge on any atom is -0.460 e. The molecule has 652 valence electrons. The van der Waals surface area contributed by atoms with Crippen LogP contribution < -0.4 is 16.8 Å². The summed E-state index contributed by atoms with van der Waals surface area (Å²) < 4.78 is 74.0. The van der Waals surface area contributed by atoms with Crippen LogP contribution in [0.5, 0.6) is 0 Å². The molecule has 118 heavy (non-hydrogen) atoms. The number of nitrogens with zero attached hydrogens (tertiary/aromatic N) is 9. The summed E-state index contributed by atoms with van der Waals surface area (Å²) in [5, 5.41) is 40.9. The number of nitrogens with two attached hydrogens (primary N) is 2. The number of ether oxygens (including phenoxy) is 11. The van der Waals surface area contributed by atoms with Crippen LogP contribution in [-0.4, -0.2) is 252 Å². The molecule has 3 aliphatic heterocycles. The van der Waals surface area contributed by atoms with E-state index in [0.29, 0.717) is 176 Å². The van der Waals surface area contributed by atoms with Crippen molar-refractivity contribution in [1.82, 2.24) is 49.9 Å². The Kier molecular flexibility index (Phi) is 37.9. The van der Waals surface area contributed by atoms with Crippen molar-refractivity contribution >= 4 is 69.1 Å². The van der Waals surface area contributed by atoms with Gasteiger partial charge in [0.05, 0.1) is 108 Å². The van der Waals surface area contributed by atoms with Crippen molar-refractivity contribution in [2.24, 2.45) is 35.5 Å². The van der Waals surface area contributed by atoms with E-state index in [9.17, 15) is 39.0 Å². The van der Waals surface area contributed by atoms with Crippen molar-refractivity contribution in [2.45, 2.75) is 232 Å². The predicted molar refractivity (Wildman–Crippen MR) is 440 cm³/mol. The van der Waals surface area contributed by atoms with Crippen LogP contribution in [0.25, 0.3) is 33.4 Å². The molecule has 1 aromatic carbocycles. The monoisotopic (exact) mass is 1650 g/mol. The number of fused-ring (bicyclic) bond motifs is 5. The highest BCUT2D eigenvalue weighted by molar-refractivity contribution is 6.39. The summed E-state index contributed by atoms with van der Waals surface area (Å²) in [5.41, 5.74) is 17.4. The van der Waals surface area contributed by atoms with E-state index in [1.54, 1.807) is 56.5 Å². The first-order chi connectivity index (χ1) is 56.9. The Hall–Kier alpha value is -8.12. The number of benzene rings is 1. The number of ketones is 3. The van der Waals surface area contributed by atoms with Crippen LogP contribution in [0.15, 0.2) is 82.7 Å². The van der Waals surface area contributed by atoms with Crippen LogP contribution >= 0.6 is 0 Å². The number of esters is 1. The number of oxazole rings is 1. The Balaban J connectivity index is 0.638. The third kappa shape index (κ3) is 27.5. The van der Waals surface area contributed by atoms with Crippen LogP contribution in [0.3, 0.4) is 0 Å². The van der Waals surface area contributed by atoms with Crippen molar-refractivity contribution in [3.05, 3.63) is 84.0 Å². The zero-order chi connectivity index (χ0) is 84.7.